The van der Waals surface area contributed by atoms with Gasteiger partial charge in [0.2, 0.25) is 0 Å². The summed E-state index contributed by atoms with van der Waals surface area (Å²) in [7, 11) is 0. The molecule has 0 nitrogen and oxygen atoms in total. The summed E-state index contributed by atoms with van der Waals surface area (Å²) in [6.45, 7) is 3.62. The maximum absolute atomic E-state index is 14.5. The molecule has 0 spiro atoms. The van der Waals surface area contributed by atoms with Crippen molar-refractivity contribution in [3.05, 3.63) is 83.5 Å². The Morgan fingerprint density at radius 3 is 1.54 bits per heavy atom. The van der Waals surface area contributed by atoms with Gasteiger partial charge in [0.05, 0.1) is 0 Å². The Balaban J connectivity index is 2.36. The van der Waals surface area contributed by atoms with Gasteiger partial charge in [-0.1, -0.05) is 0 Å². The van der Waals surface area contributed by atoms with Crippen LogP contribution in [-0.2, 0) is 17.9 Å². The quantitative estimate of drug-likeness (QED) is 0.553. The van der Waals surface area contributed by atoms with Gasteiger partial charge in [0.1, 0.15) is 0 Å². The second-order valence-corrected chi connectivity index (χ2v) is 10.3. The summed E-state index contributed by atoms with van der Waals surface area (Å²) in [5.41, 5.74) is 0.850. The molecule has 0 bridgehead atoms. The van der Waals surface area contributed by atoms with E-state index in [0.717, 1.165) is 29.8 Å². The van der Waals surface area contributed by atoms with Gasteiger partial charge < -0.3 is 0 Å². The fraction of sp³-hybridized carbons (Fsp3) is 0.158. The van der Waals surface area contributed by atoms with Crippen LogP contribution in [0.5, 0.6) is 0 Å². The molecule has 2 aromatic rings. The Morgan fingerprint density at radius 2 is 1.21 bits per heavy atom. The molecule has 0 heterocycles. The molecular formula is C19H15F4Ti. The number of hydrogen-bond donors (Lipinski definition) is 0. The molecule has 0 radical (unpaired) electrons. The predicted octanol–water partition coefficient (Wildman–Crippen LogP) is 4.51. The van der Waals surface area contributed by atoms with Crippen molar-refractivity contribution < 1.29 is 35.4 Å². The van der Waals surface area contributed by atoms with Crippen molar-refractivity contribution in [2.24, 2.45) is 0 Å². The molecule has 1 aliphatic rings. The van der Waals surface area contributed by atoms with Crippen LogP contribution in [0.25, 0.3) is 0 Å². The molecule has 1 atom stereocenters. The van der Waals surface area contributed by atoms with Gasteiger partial charge in [-0.15, -0.1) is 0 Å². The van der Waals surface area contributed by atoms with E-state index in [0.29, 0.717) is 0 Å². The van der Waals surface area contributed by atoms with Crippen molar-refractivity contribution in [3.63, 3.8) is 0 Å². The minimum atomic E-state index is -3.35. The van der Waals surface area contributed by atoms with Crippen molar-refractivity contribution >= 4 is 7.74 Å². The predicted molar refractivity (Wildman–Crippen MR) is 83.2 cm³/mol. The molecule has 0 fully saturated rings. The summed E-state index contributed by atoms with van der Waals surface area (Å²) in [6, 6.07) is 7.10. The zero-order valence-corrected chi connectivity index (χ0v) is 14.8. The van der Waals surface area contributed by atoms with Gasteiger partial charge in [-0.25, -0.2) is 0 Å². The molecule has 0 saturated carbocycles. The first-order valence-corrected chi connectivity index (χ1v) is 9.83. The molecule has 0 aromatic heterocycles. The first kappa shape index (κ1) is 17.2. The molecule has 1 unspecified atom stereocenters. The van der Waals surface area contributed by atoms with Crippen molar-refractivity contribution in [3.8, 4) is 0 Å². The van der Waals surface area contributed by atoms with Crippen LogP contribution in [0.1, 0.15) is 13.8 Å². The van der Waals surface area contributed by atoms with Crippen LogP contribution in [0, 0.1) is 23.3 Å². The Bertz CT molecular complexity index is 764. The van der Waals surface area contributed by atoms with Gasteiger partial charge in [0, 0.05) is 0 Å². The Morgan fingerprint density at radius 1 is 0.792 bits per heavy atom. The Labute approximate surface area is 144 Å². The minimum absolute atomic E-state index is 0.164. The molecule has 0 amide bonds. The summed E-state index contributed by atoms with van der Waals surface area (Å²) < 4.78 is 57.0. The van der Waals surface area contributed by atoms with Gasteiger partial charge in [0.15, 0.2) is 0 Å². The Hall–Kier alpha value is -1.65. The molecule has 2 aromatic carbocycles. The SMILES string of the molecule is CC1=CC=C[C]1(C)[Ti]([c]1c(F)cccc1F)[c]1c(F)cccc1F. The van der Waals surface area contributed by atoms with Crippen LogP contribution in [0.3, 0.4) is 0 Å². The monoisotopic (exact) mass is 367 g/mol. The van der Waals surface area contributed by atoms with E-state index >= 15 is 0 Å². The van der Waals surface area contributed by atoms with Crippen molar-refractivity contribution in [1.29, 1.82) is 0 Å². The van der Waals surface area contributed by atoms with Crippen molar-refractivity contribution in [1.82, 2.24) is 0 Å². The first-order chi connectivity index (χ1) is 11.4. The summed E-state index contributed by atoms with van der Waals surface area (Å²) in [6.07, 6.45) is 5.40. The topological polar surface area (TPSA) is 0 Å². The van der Waals surface area contributed by atoms with Crippen LogP contribution in [-0.4, -0.2) is 0 Å². The number of rotatable bonds is 3. The molecule has 0 N–H and O–H groups in total. The van der Waals surface area contributed by atoms with Gasteiger partial charge in [-0.3, -0.25) is 0 Å². The van der Waals surface area contributed by atoms with Gasteiger partial charge in [-0.05, 0) is 0 Å². The van der Waals surface area contributed by atoms with E-state index in [1.54, 1.807) is 19.1 Å². The number of benzene rings is 2. The molecule has 0 aliphatic heterocycles. The number of halogens is 4. The van der Waals surface area contributed by atoms with Crippen molar-refractivity contribution in [2.45, 2.75) is 17.6 Å². The van der Waals surface area contributed by atoms with E-state index in [4.69, 9.17) is 0 Å². The second-order valence-electron chi connectivity index (χ2n) is 5.98. The summed E-state index contributed by atoms with van der Waals surface area (Å²) in [4.78, 5) is 0. The van der Waals surface area contributed by atoms with E-state index in [1.807, 2.05) is 13.0 Å². The summed E-state index contributed by atoms with van der Waals surface area (Å²) in [5.74, 6) is -2.99. The molecular weight excluding hydrogens is 352 g/mol. The third-order valence-electron chi connectivity index (χ3n) is 4.54. The average molecular weight is 367 g/mol. The van der Waals surface area contributed by atoms with Crippen LogP contribution < -0.4 is 7.74 Å². The van der Waals surface area contributed by atoms with Crippen LogP contribution >= 0.6 is 0 Å². The molecule has 5 heteroatoms. The van der Waals surface area contributed by atoms with E-state index < -0.39 is 44.9 Å². The molecule has 1 aliphatic carbocycles. The number of hydrogen-bond acceptors (Lipinski definition) is 0. The fourth-order valence-electron chi connectivity index (χ4n) is 3.09. The summed E-state index contributed by atoms with van der Waals surface area (Å²) >= 11 is -3.35. The van der Waals surface area contributed by atoms with E-state index in [1.165, 1.54) is 12.1 Å². The van der Waals surface area contributed by atoms with E-state index in [2.05, 4.69) is 0 Å². The molecule has 123 valence electrons. The summed E-state index contributed by atoms with van der Waals surface area (Å²) in [5, 5.41) is 0. The van der Waals surface area contributed by atoms with Crippen LogP contribution in [0.15, 0.2) is 60.2 Å². The molecule has 0 saturated heterocycles. The first-order valence-electron chi connectivity index (χ1n) is 7.49. The normalized spacial score (nSPS) is 19.5. The standard InChI is InChI=1S/C7H9.2C6H3F2.Ti/c1-6-4-3-5-7(6)2;2*7-5-2-1-3-6(8)4-5;/h3-5H,1-2H3;2*1-3H;. The molecule has 24 heavy (non-hydrogen) atoms. The number of allylic oxidation sites excluding steroid dienone is 4. The molecule has 3 rings (SSSR count). The van der Waals surface area contributed by atoms with E-state index in [9.17, 15) is 17.6 Å². The van der Waals surface area contributed by atoms with Gasteiger partial charge >= 0.3 is 144 Å². The van der Waals surface area contributed by atoms with Crippen LogP contribution in [0.2, 0.25) is 3.72 Å². The van der Waals surface area contributed by atoms with Gasteiger partial charge in [0.25, 0.3) is 0 Å². The third kappa shape index (κ3) is 2.68. The van der Waals surface area contributed by atoms with E-state index in [-0.39, 0.29) is 7.74 Å². The maximum atomic E-state index is 14.5. The Kier molecular flexibility index (Phi) is 4.54. The van der Waals surface area contributed by atoms with Crippen molar-refractivity contribution in [2.75, 3.05) is 0 Å². The third-order valence-corrected chi connectivity index (χ3v) is 10.1. The zero-order valence-electron chi connectivity index (χ0n) is 13.2. The second kappa shape index (κ2) is 6.34. The zero-order chi connectivity index (χ0) is 17.5. The average Bonchev–Trinajstić information content (AvgIpc) is 2.85. The fourth-order valence-corrected chi connectivity index (χ4v) is 8.27. The van der Waals surface area contributed by atoms with Gasteiger partial charge in [-0.2, -0.15) is 0 Å². The van der Waals surface area contributed by atoms with Crippen LogP contribution in [0.4, 0.5) is 17.6 Å².